The van der Waals surface area contributed by atoms with Gasteiger partial charge in [0, 0.05) is 21.9 Å². The Labute approximate surface area is 166 Å². The van der Waals surface area contributed by atoms with Crippen LogP contribution in [0.25, 0.3) is 16.9 Å². The van der Waals surface area contributed by atoms with Gasteiger partial charge >= 0.3 is 0 Å². The van der Waals surface area contributed by atoms with E-state index < -0.39 is 0 Å². The summed E-state index contributed by atoms with van der Waals surface area (Å²) in [6.45, 7) is 4.04. The summed E-state index contributed by atoms with van der Waals surface area (Å²) < 4.78 is 2.77. The van der Waals surface area contributed by atoms with Gasteiger partial charge in [-0.15, -0.1) is 0 Å². The van der Waals surface area contributed by atoms with Crippen LogP contribution in [0.5, 0.6) is 0 Å². The fourth-order valence-electron chi connectivity index (χ4n) is 3.04. The number of carbonyl (C=O) groups is 1. The van der Waals surface area contributed by atoms with Crippen LogP contribution in [0.2, 0.25) is 0 Å². The number of carbonyl (C=O) groups excluding carboxylic acids is 1. The Hall–Kier alpha value is -2.92. The zero-order valence-corrected chi connectivity index (χ0v) is 16.6. The smallest absolute Gasteiger partial charge is 0.274 e. The third-order valence-corrected chi connectivity index (χ3v) is 4.88. The van der Waals surface area contributed by atoms with E-state index in [9.17, 15) is 4.79 Å². The zero-order chi connectivity index (χ0) is 19.0. The Balaban J connectivity index is 1.86. The number of imidazole rings is 1. The number of nitrogens with zero attached hydrogens (tertiary/aromatic N) is 2. The molecule has 2 aromatic carbocycles. The number of aromatic nitrogens is 2. The molecule has 0 bridgehead atoms. The molecule has 2 heterocycles. The van der Waals surface area contributed by atoms with Crippen molar-refractivity contribution in [2.45, 2.75) is 13.8 Å². The van der Waals surface area contributed by atoms with Gasteiger partial charge in [0.15, 0.2) is 0 Å². The molecule has 5 heteroatoms. The Morgan fingerprint density at radius 3 is 2.48 bits per heavy atom. The lowest BCUT2D eigenvalue weighted by Gasteiger charge is -2.08. The fraction of sp³-hybridized carbons (Fsp3) is 0.0909. The first-order valence-electron chi connectivity index (χ1n) is 8.64. The third-order valence-electron chi connectivity index (χ3n) is 4.39. The van der Waals surface area contributed by atoms with Crippen molar-refractivity contribution in [2.75, 3.05) is 5.32 Å². The van der Waals surface area contributed by atoms with Gasteiger partial charge in [-0.2, -0.15) is 0 Å². The van der Waals surface area contributed by atoms with E-state index in [1.165, 1.54) is 5.56 Å². The van der Waals surface area contributed by atoms with E-state index in [-0.39, 0.29) is 5.91 Å². The number of rotatable bonds is 3. The van der Waals surface area contributed by atoms with Gasteiger partial charge < -0.3 is 5.32 Å². The molecule has 0 saturated carbocycles. The molecule has 0 fully saturated rings. The molecule has 0 aliphatic heterocycles. The summed E-state index contributed by atoms with van der Waals surface area (Å²) in [5.41, 5.74) is 5.82. The standard InChI is InChI=1S/C22H18BrN3O/c1-14-6-9-16(10-7-14)20-21(26-13-15(2)8-11-19(26)25-20)22(27)24-18-5-3-4-17(23)12-18/h3-13H,1-2H3,(H,24,27). The number of halogens is 1. The lowest BCUT2D eigenvalue weighted by molar-refractivity contribution is 0.102. The van der Waals surface area contributed by atoms with Gasteiger partial charge in [-0.3, -0.25) is 9.20 Å². The van der Waals surface area contributed by atoms with Crippen molar-refractivity contribution in [3.63, 3.8) is 0 Å². The second kappa shape index (κ2) is 7.00. The Bertz CT molecular complexity index is 1150. The molecule has 1 amide bonds. The normalized spacial score (nSPS) is 10.9. The predicted molar refractivity (Wildman–Crippen MR) is 112 cm³/mol. The van der Waals surface area contributed by atoms with Gasteiger partial charge in [-0.05, 0) is 43.7 Å². The molecule has 4 nitrogen and oxygen atoms in total. The Morgan fingerprint density at radius 1 is 1.00 bits per heavy atom. The fourth-order valence-corrected chi connectivity index (χ4v) is 3.44. The van der Waals surface area contributed by atoms with Gasteiger partial charge in [0.05, 0.1) is 0 Å². The van der Waals surface area contributed by atoms with E-state index in [4.69, 9.17) is 4.98 Å². The number of hydrogen-bond donors (Lipinski definition) is 1. The van der Waals surface area contributed by atoms with E-state index in [1.807, 2.05) is 85.1 Å². The largest absolute Gasteiger partial charge is 0.321 e. The first kappa shape index (κ1) is 17.5. The molecule has 1 N–H and O–H groups in total. The van der Waals surface area contributed by atoms with E-state index in [0.717, 1.165) is 26.9 Å². The van der Waals surface area contributed by atoms with Crippen LogP contribution in [-0.2, 0) is 0 Å². The molecule has 0 spiro atoms. The monoisotopic (exact) mass is 419 g/mol. The van der Waals surface area contributed by atoms with Gasteiger partial charge in [-0.25, -0.2) is 4.98 Å². The van der Waals surface area contributed by atoms with Crippen LogP contribution >= 0.6 is 15.9 Å². The minimum Gasteiger partial charge on any atom is -0.321 e. The van der Waals surface area contributed by atoms with E-state index in [0.29, 0.717) is 11.4 Å². The van der Waals surface area contributed by atoms with Crippen LogP contribution in [0, 0.1) is 13.8 Å². The minimum absolute atomic E-state index is 0.193. The third kappa shape index (κ3) is 3.51. The molecule has 0 radical (unpaired) electrons. The molecule has 134 valence electrons. The second-order valence-corrected chi connectivity index (χ2v) is 7.49. The Kier molecular flexibility index (Phi) is 4.54. The highest BCUT2D eigenvalue weighted by atomic mass is 79.9. The summed E-state index contributed by atoms with van der Waals surface area (Å²) in [5, 5.41) is 2.99. The van der Waals surface area contributed by atoms with E-state index in [1.54, 1.807) is 0 Å². The van der Waals surface area contributed by atoms with Crippen molar-refractivity contribution >= 4 is 33.2 Å². The van der Waals surface area contributed by atoms with Crippen molar-refractivity contribution in [1.82, 2.24) is 9.38 Å². The van der Waals surface area contributed by atoms with Crippen LogP contribution in [0.1, 0.15) is 21.6 Å². The van der Waals surface area contributed by atoms with E-state index in [2.05, 4.69) is 21.2 Å². The summed E-state index contributed by atoms with van der Waals surface area (Å²) in [6.07, 6.45) is 1.94. The maximum absolute atomic E-state index is 13.2. The maximum atomic E-state index is 13.2. The molecule has 4 aromatic rings. The number of anilines is 1. The van der Waals surface area contributed by atoms with E-state index >= 15 is 0 Å². The van der Waals surface area contributed by atoms with Crippen molar-refractivity contribution in [3.8, 4) is 11.3 Å². The summed E-state index contributed by atoms with van der Waals surface area (Å²) in [5.74, 6) is -0.193. The highest BCUT2D eigenvalue weighted by Crippen LogP contribution is 2.26. The number of amides is 1. The molecular weight excluding hydrogens is 402 g/mol. The van der Waals surface area contributed by atoms with Crippen molar-refractivity contribution in [3.05, 3.63) is 88.2 Å². The quantitative estimate of drug-likeness (QED) is 0.467. The molecule has 4 rings (SSSR count). The number of pyridine rings is 1. The lowest BCUT2D eigenvalue weighted by Crippen LogP contribution is -2.15. The minimum atomic E-state index is -0.193. The molecule has 0 aliphatic carbocycles. The average Bonchev–Trinajstić information content (AvgIpc) is 3.01. The Morgan fingerprint density at radius 2 is 1.74 bits per heavy atom. The summed E-state index contributed by atoms with van der Waals surface area (Å²) in [6, 6.07) is 19.5. The van der Waals surface area contributed by atoms with Crippen LogP contribution in [-0.4, -0.2) is 15.3 Å². The highest BCUT2D eigenvalue weighted by molar-refractivity contribution is 9.10. The molecular formula is C22H18BrN3O. The molecule has 0 saturated heterocycles. The first-order chi connectivity index (χ1) is 13.0. The number of benzene rings is 2. The van der Waals surface area contributed by atoms with Gasteiger partial charge in [0.2, 0.25) is 0 Å². The van der Waals surface area contributed by atoms with Crippen molar-refractivity contribution < 1.29 is 4.79 Å². The first-order valence-corrected chi connectivity index (χ1v) is 9.43. The van der Waals surface area contributed by atoms with Gasteiger partial charge in [-0.1, -0.05) is 57.9 Å². The average molecular weight is 420 g/mol. The molecule has 0 unspecified atom stereocenters. The lowest BCUT2D eigenvalue weighted by atomic mass is 10.1. The van der Waals surface area contributed by atoms with Crippen LogP contribution in [0.15, 0.2) is 71.3 Å². The molecule has 0 atom stereocenters. The van der Waals surface area contributed by atoms with Gasteiger partial charge in [0.25, 0.3) is 5.91 Å². The van der Waals surface area contributed by atoms with Crippen molar-refractivity contribution in [2.24, 2.45) is 0 Å². The predicted octanol–water partition coefficient (Wildman–Crippen LogP) is 5.63. The molecule has 0 aliphatic rings. The zero-order valence-electron chi connectivity index (χ0n) is 15.0. The maximum Gasteiger partial charge on any atom is 0.274 e. The number of aryl methyl sites for hydroxylation is 2. The number of nitrogens with one attached hydrogen (secondary N) is 1. The van der Waals surface area contributed by atoms with Crippen LogP contribution in [0.4, 0.5) is 5.69 Å². The second-order valence-electron chi connectivity index (χ2n) is 6.57. The van der Waals surface area contributed by atoms with Crippen LogP contribution < -0.4 is 5.32 Å². The molecule has 2 aromatic heterocycles. The molecule has 27 heavy (non-hydrogen) atoms. The highest BCUT2D eigenvalue weighted by Gasteiger charge is 2.21. The summed E-state index contributed by atoms with van der Waals surface area (Å²) >= 11 is 3.44. The topological polar surface area (TPSA) is 46.4 Å². The number of hydrogen-bond acceptors (Lipinski definition) is 2. The number of fused-ring (bicyclic) bond motifs is 1. The van der Waals surface area contributed by atoms with Gasteiger partial charge in [0.1, 0.15) is 17.0 Å². The summed E-state index contributed by atoms with van der Waals surface area (Å²) in [7, 11) is 0. The SMILES string of the molecule is Cc1ccc(-c2nc3ccc(C)cn3c2C(=O)Nc2cccc(Br)c2)cc1. The van der Waals surface area contributed by atoms with Crippen LogP contribution in [0.3, 0.4) is 0 Å². The summed E-state index contributed by atoms with van der Waals surface area (Å²) in [4.78, 5) is 17.9. The van der Waals surface area contributed by atoms with Crippen molar-refractivity contribution in [1.29, 1.82) is 0 Å².